The van der Waals surface area contributed by atoms with E-state index in [1.165, 1.54) is 14.0 Å². The number of rotatable bonds is 4. The molecule has 0 bridgehead atoms. The third-order valence-corrected chi connectivity index (χ3v) is 6.49. The lowest BCUT2D eigenvalue weighted by Crippen LogP contribution is -2.45. The van der Waals surface area contributed by atoms with Crippen molar-refractivity contribution in [2.45, 2.75) is 51.9 Å². The first kappa shape index (κ1) is 22.1. The fourth-order valence-corrected chi connectivity index (χ4v) is 5.04. The van der Waals surface area contributed by atoms with E-state index in [2.05, 4.69) is 11.4 Å². The van der Waals surface area contributed by atoms with Crippen molar-refractivity contribution in [3.63, 3.8) is 0 Å². The maximum atomic E-state index is 13.7. The molecule has 1 aromatic carbocycles. The smallest absolute Gasteiger partial charge is 0.308 e. The zero-order valence-electron chi connectivity index (χ0n) is 18.9. The normalized spacial score (nSPS) is 23.2. The first-order valence-corrected chi connectivity index (χ1v) is 11.3. The SMILES string of the molecule is COc1cc(C2C(C(=O)N3CCCCC3)=C(C)NC3=CCCC(=O)C32)ccc1OC(C)=O. The molecule has 170 valence electrons. The first-order valence-electron chi connectivity index (χ1n) is 11.3. The van der Waals surface area contributed by atoms with Crippen LogP contribution in [0.25, 0.3) is 0 Å². The highest BCUT2D eigenvalue weighted by molar-refractivity contribution is 5.99. The van der Waals surface area contributed by atoms with E-state index in [0.717, 1.165) is 49.3 Å². The first-order chi connectivity index (χ1) is 15.4. The van der Waals surface area contributed by atoms with Crippen molar-refractivity contribution in [2.24, 2.45) is 5.92 Å². The number of amides is 1. The molecule has 0 aromatic heterocycles. The van der Waals surface area contributed by atoms with Gasteiger partial charge in [-0.1, -0.05) is 12.1 Å². The maximum Gasteiger partial charge on any atom is 0.308 e. The van der Waals surface area contributed by atoms with Crippen molar-refractivity contribution < 1.29 is 23.9 Å². The molecule has 1 fully saturated rings. The van der Waals surface area contributed by atoms with E-state index in [1.807, 2.05) is 17.9 Å². The molecule has 7 nitrogen and oxygen atoms in total. The minimum Gasteiger partial charge on any atom is -0.493 e. The fraction of sp³-hybridized carbons (Fsp3) is 0.480. The van der Waals surface area contributed by atoms with E-state index < -0.39 is 17.8 Å². The molecule has 1 saturated heterocycles. The van der Waals surface area contributed by atoms with E-state index in [1.54, 1.807) is 12.1 Å². The molecule has 1 N–H and O–H groups in total. The van der Waals surface area contributed by atoms with Gasteiger partial charge in [0.05, 0.1) is 13.0 Å². The van der Waals surface area contributed by atoms with E-state index >= 15 is 0 Å². The summed E-state index contributed by atoms with van der Waals surface area (Å²) in [6, 6.07) is 5.28. The van der Waals surface area contributed by atoms with Crippen LogP contribution in [0.1, 0.15) is 57.4 Å². The largest absolute Gasteiger partial charge is 0.493 e. The Hall–Kier alpha value is -3.09. The molecule has 0 spiro atoms. The van der Waals surface area contributed by atoms with E-state index in [4.69, 9.17) is 9.47 Å². The Kier molecular flexibility index (Phi) is 6.35. The highest BCUT2D eigenvalue weighted by atomic mass is 16.6. The van der Waals surface area contributed by atoms with Gasteiger partial charge in [-0.15, -0.1) is 0 Å². The lowest BCUT2D eigenvalue weighted by Gasteiger charge is -2.40. The molecule has 7 heteroatoms. The molecule has 32 heavy (non-hydrogen) atoms. The fourth-order valence-electron chi connectivity index (χ4n) is 5.04. The van der Waals surface area contributed by atoms with Crippen LogP contribution < -0.4 is 14.8 Å². The number of benzene rings is 1. The van der Waals surface area contributed by atoms with Crippen molar-refractivity contribution in [3.05, 3.63) is 46.8 Å². The van der Waals surface area contributed by atoms with Gasteiger partial charge in [-0.3, -0.25) is 14.4 Å². The molecule has 1 amide bonds. The molecular formula is C25H30N2O5. The number of Topliss-reactive ketones (excluding diaryl/α,β-unsaturated/α-hetero) is 1. The number of allylic oxidation sites excluding steroid dienone is 3. The zero-order chi connectivity index (χ0) is 22.8. The average Bonchev–Trinajstić information content (AvgIpc) is 2.78. The number of fused-ring (bicyclic) bond motifs is 1. The summed E-state index contributed by atoms with van der Waals surface area (Å²) in [6.07, 6.45) is 6.34. The van der Waals surface area contributed by atoms with Crippen LogP contribution in [0.4, 0.5) is 0 Å². The van der Waals surface area contributed by atoms with Crippen molar-refractivity contribution in [1.29, 1.82) is 0 Å². The second-order valence-corrected chi connectivity index (χ2v) is 8.64. The number of hydrogen-bond donors (Lipinski definition) is 1. The number of nitrogens with one attached hydrogen (secondary N) is 1. The number of carbonyl (C=O) groups excluding carboxylic acids is 3. The predicted octanol–water partition coefficient (Wildman–Crippen LogP) is 3.46. The van der Waals surface area contributed by atoms with Crippen LogP contribution in [0.3, 0.4) is 0 Å². The lowest BCUT2D eigenvalue weighted by molar-refractivity contribution is -0.132. The summed E-state index contributed by atoms with van der Waals surface area (Å²) in [6.45, 7) is 4.71. The summed E-state index contributed by atoms with van der Waals surface area (Å²) in [5.41, 5.74) is 3.07. The van der Waals surface area contributed by atoms with E-state index in [0.29, 0.717) is 29.9 Å². The van der Waals surface area contributed by atoms with Crippen LogP contribution >= 0.6 is 0 Å². The minimum absolute atomic E-state index is 0.0137. The van der Waals surface area contributed by atoms with E-state index in [9.17, 15) is 14.4 Å². The second-order valence-electron chi connectivity index (χ2n) is 8.64. The maximum absolute atomic E-state index is 13.7. The summed E-state index contributed by atoms with van der Waals surface area (Å²) in [4.78, 5) is 40.2. The number of hydrogen-bond acceptors (Lipinski definition) is 6. The topological polar surface area (TPSA) is 84.9 Å². The Bertz CT molecular complexity index is 1000. The van der Waals surface area contributed by atoms with Gasteiger partial charge in [0, 0.05) is 49.3 Å². The number of nitrogens with zero attached hydrogens (tertiary/aromatic N) is 1. The Morgan fingerprint density at radius 3 is 2.53 bits per heavy atom. The summed E-state index contributed by atoms with van der Waals surface area (Å²) in [5, 5.41) is 3.36. The number of ketones is 1. The molecular weight excluding hydrogens is 408 g/mol. The van der Waals surface area contributed by atoms with Crippen LogP contribution in [-0.2, 0) is 14.4 Å². The van der Waals surface area contributed by atoms with Gasteiger partial charge in [-0.2, -0.15) is 0 Å². The number of esters is 1. The van der Waals surface area contributed by atoms with Gasteiger partial charge >= 0.3 is 5.97 Å². The molecule has 1 aliphatic carbocycles. The van der Waals surface area contributed by atoms with Crippen molar-refractivity contribution in [1.82, 2.24) is 10.2 Å². The molecule has 2 aliphatic heterocycles. The van der Waals surface area contributed by atoms with Crippen LogP contribution in [0.2, 0.25) is 0 Å². The molecule has 2 atom stereocenters. The third-order valence-electron chi connectivity index (χ3n) is 6.49. The molecule has 0 radical (unpaired) electrons. The monoisotopic (exact) mass is 438 g/mol. The third kappa shape index (κ3) is 4.16. The molecule has 2 unspecified atom stereocenters. The van der Waals surface area contributed by atoms with Crippen molar-refractivity contribution in [2.75, 3.05) is 20.2 Å². The predicted molar refractivity (Wildman–Crippen MR) is 119 cm³/mol. The van der Waals surface area contributed by atoms with Crippen LogP contribution in [0, 0.1) is 5.92 Å². The Balaban J connectivity index is 1.82. The summed E-state index contributed by atoms with van der Waals surface area (Å²) >= 11 is 0. The standard InChI is InChI=1S/C25H30N2O5/c1-15-22(25(30)27-12-5-4-6-13-27)23(24-18(26-15)8-7-9-19(24)29)17-10-11-20(32-16(2)28)21(14-17)31-3/h8,10-11,14,23-24,26H,4-7,9,12-13H2,1-3H3. The molecule has 1 aromatic rings. The summed E-state index contributed by atoms with van der Waals surface area (Å²) in [5.74, 6) is -0.493. The Labute approximate surface area is 188 Å². The van der Waals surface area contributed by atoms with Gasteiger partial charge in [0.25, 0.3) is 5.91 Å². The molecule has 0 saturated carbocycles. The number of ether oxygens (including phenoxy) is 2. The highest BCUT2D eigenvalue weighted by Gasteiger charge is 2.44. The van der Waals surface area contributed by atoms with Gasteiger partial charge in [0.1, 0.15) is 5.78 Å². The van der Waals surface area contributed by atoms with E-state index in [-0.39, 0.29) is 11.7 Å². The Morgan fingerprint density at radius 2 is 1.84 bits per heavy atom. The van der Waals surface area contributed by atoms with Crippen LogP contribution in [-0.4, -0.2) is 42.8 Å². The van der Waals surface area contributed by atoms with Gasteiger partial charge < -0.3 is 19.7 Å². The summed E-state index contributed by atoms with van der Waals surface area (Å²) < 4.78 is 10.7. The van der Waals surface area contributed by atoms with Gasteiger partial charge in [-0.05, 0) is 50.3 Å². The van der Waals surface area contributed by atoms with Gasteiger partial charge in [0.2, 0.25) is 0 Å². The van der Waals surface area contributed by atoms with Crippen LogP contribution in [0.15, 0.2) is 41.2 Å². The zero-order valence-corrected chi connectivity index (χ0v) is 18.9. The number of piperidine rings is 1. The average molecular weight is 439 g/mol. The van der Waals surface area contributed by atoms with Gasteiger partial charge in [0.15, 0.2) is 11.5 Å². The number of methoxy groups -OCH3 is 1. The van der Waals surface area contributed by atoms with Gasteiger partial charge in [-0.25, -0.2) is 0 Å². The van der Waals surface area contributed by atoms with Crippen molar-refractivity contribution in [3.8, 4) is 11.5 Å². The van der Waals surface area contributed by atoms with Crippen molar-refractivity contribution >= 4 is 17.7 Å². The number of likely N-dealkylation sites (tertiary alicyclic amines) is 1. The highest BCUT2D eigenvalue weighted by Crippen LogP contribution is 2.46. The minimum atomic E-state index is -0.444. The van der Waals surface area contributed by atoms with Crippen LogP contribution in [0.5, 0.6) is 11.5 Å². The molecule has 4 rings (SSSR count). The quantitative estimate of drug-likeness (QED) is 0.573. The summed E-state index contributed by atoms with van der Waals surface area (Å²) in [7, 11) is 1.51. The molecule has 2 heterocycles. The lowest BCUT2D eigenvalue weighted by atomic mass is 9.70. The number of carbonyl (C=O) groups is 3. The second kappa shape index (κ2) is 9.18. The molecule has 3 aliphatic rings. The Morgan fingerprint density at radius 1 is 1.09 bits per heavy atom.